The van der Waals surface area contributed by atoms with E-state index in [0.29, 0.717) is 11.1 Å². The zero-order chi connectivity index (χ0) is 21.6. The van der Waals surface area contributed by atoms with Gasteiger partial charge >= 0.3 is 0 Å². The van der Waals surface area contributed by atoms with Crippen molar-refractivity contribution in [3.8, 4) is 0 Å². The zero-order valence-electron chi connectivity index (χ0n) is 15.2. The van der Waals surface area contributed by atoms with Crippen molar-refractivity contribution in [3.63, 3.8) is 0 Å². The molecule has 0 aliphatic rings. The van der Waals surface area contributed by atoms with Crippen LogP contribution in [-0.2, 0) is 16.1 Å². The summed E-state index contributed by atoms with van der Waals surface area (Å²) >= 11 is 12.0. The number of rotatable bonds is 7. The van der Waals surface area contributed by atoms with Gasteiger partial charge < -0.3 is 11.5 Å². The second kappa shape index (κ2) is 9.87. The predicted molar refractivity (Wildman–Crippen MR) is 112 cm³/mol. The Labute approximate surface area is 176 Å². The summed E-state index contributed by atoms with van der Waals surface area (Å²) in [5, 5.41) is 11.3. The number of nitrogen functional groups attached to an aromatic ring is 1. The van der Waals surface area contributed by atoms with E-state index in [2.05, 4.69) is 10.5 Å². The topological polar surface area (TPSA) is 146 Å². The molecule has 0 saturated heterocycles. The number of hydrogen-bond acceptors (Lipinski definition) is 6. The Morgan fingerprint density at radius 2 is 1.86 bits per heavy atom. The van der Waals surface area contributed by atoms with Crippen LogP contribution in [-0.4, -0.2) is 23.8 Å². The molecule has 11 heteroatoms. The van der Waals surface area contributed by atoms with E-state index in [1.807, 2.05) is 0 Å². The minimum absolute atomic E-state index is 0.0311. The van der Waals surface area contributed by atoms with Crippen LogP contribution in [0.15, 0.2) is 47.5 Å². The lowest BCUT2D eigenvalue weighted by Crippen LogP contribution is -2.18. The fourth-order valence-corrected chi connectivity index (χ4v) is 2.86. The van der Waals surface area contributed by atoms with Crippen LogP contribution in [0.2, 0.25) is 10.0 Å². The van der Waals surface area contributed by atoms with Gasteiger partial charge in [0.2, 0.25) is 0 Å². The second-order valence-corrected chi connectivity index (χ2v) is 6.57. The molecule has 5 N–H and O–H groups in total. The summed E-state index contributed by atoms with van der Waals surface area (Å²) in [6, 6.07) is 8.71. The lowest BCUT2D eigenvalue weighted by Gasteiger charge is -2.08. The smallest absolute Gasteiger partial charge is 0.273 e. The van der Waals surface area contributed by atoms with Crippen molar-refractivity contribution < 1.29 is 14.6 Å². The minimum atomic E-state index is -0.659. The summed E-state index contributed by atoms with van der Waals surface area (Å²) in [6.45, 7) is 0. The molecule has 0 saturated carbocycles. The third-order valence-corrected chi connectivity index (χ3v) is 4.27. The van der Waals surface area contributed by atoms with Gasteiger partial charge in [-0.15, -0.1) is 0 Å². The standard InChI is InChI=1S/C18H17Cl2N5O4/c1-29-24-15(11-2-4-12(5-3-11)25(27)28)9-17(26)23-16(21)8-10-6-13(19)18(22)14(20)7-10/h2-7,9,24H,8,22H2,1H3,(H2,21,23,26). The normalized spacial score (nSPS) is 12.0. The van der Waals surface area contributed by atoms with Crippen LogP contribution < -0.4 is 16.9 Å². The molecule has 9 nitrogen and oxygen atoms in total. The molecule has 152 valence electrons. The Morgan fingerprint density at radius 3 is 2.38 bits per heavy atom. The first-order valence-electron chi connectivity index (χ1n) is 8.07. The van der Waals surface area contributed by atoms with Crippen LogP contribution in [0.4, 0.5) is 11.4 Å². The Bertz CT molecular complexity index is 967. The van der Waals surface area contributed by atoms with Crippen LogP contribution in [0.1, 0.15) is 11.1 Å². The molecular weight excluding hydrogens is 421 g/mol. The quantitative estimate of drug-likeness (QED) is 0.150. The van der Waals surface area contributed by atoms with Crippen molar-refractivity contribution in [2.75, 3.05) is 12.8 Å². The number of carbonyl (C=O) groups is 1. The molecule has 0 fully saturated rings. The number of carbonyl (C=O) groups excluding carboxylic acids is 1. The van der Waals surface area contributed by atoms with Gasteiger partial charge in [0, 0.05) is 30.2 Å². The van der Waals surface area contributed by atoms with E-state index in [0.717, 1.165) is 6.08 Å². The fourth-order valence-electron chi connectivity index (χ4n) is 2.33. The Hall–Kier alpha value is -3.14. The molecular formula is C18H17Cl2N5O4. The van der Waals surface area contributed by atoms with E-state index in [-0.39, 0.29) is 39.4 Å². The zero-order valence-corrected chi connectivity index (χ0v) is 16.7. The number of nitro benzene ring substituents is 1. The number of hydroxylamine groups is 1. The van der Waals surface area contributed by atoms with Crippen molar-refractivity contribution in [3.05, 3.63) is 73.8 Å². The molecule has 0 aliphatic heterocycles. The predicted octanol–water partition coefficient (Wildman–Crippen LogP) is 3.10. The van der Waals surface area contributed by atoms with Gasteiger partial charge in [0.05, 0.1) is 33.5 Å². The number of halogens is 2. The Balaban J connectivity index is 2.21. The highest BCUT2D eigenvalue weighted by atomic mass is 35.5. The third-order valence-electron chi connectivity index (χ3n) is 3.65. The molecule has 1 amide bonds. The van der Waals surface area contributed by atoms with E-state index < -0.39 is 10.8 Å². The average molecular weight is 438 g/mol. The summed E-state index contributed by atoms with van der Waals surface area (Å²) in [5.74, 6) is -0.628. The molecule has 0 atom stereocenters. The molecule has 0 aromatic heterocycles. The highest BCUT2D eigenvalue weighted by Crippen LogP contribution is 2.29. The van der Waals surface area contributed by atoms with Crippen molar-refractivity contribution in [2.45, 2.75) is 6.42 Å². The number of nitrogens with two attached hydrogens (primary N) is 2. The van der Waals surface area contributed by atoms with Crippen LogP contribution in [0.3, 0.4) is 0 Å². The number of amides is 1. The average Bonchev–Trinajstić information content (AvgIpc) is 2.65. The SMILES string of the molecule is CONC(=CC(=O)N=C(N)Cc1cc(Cl)c(N)c(Cl)c1)c1ccc([N+](=O)[O-])cc1. The molecule has 0 radical (unpaired) electrons. The second-order valence-electron chi connectivity index (χ2n) is 5.76. The first-order valence-corrected chi connectivity index (χ1v) is 8.82. The maximum absolute atomic E-state index is 12.2. The van der Waals surface area contributed by atoms with Gasteiger partial charge in [-0.25, -0.2) is 0 Å². The number of non-ortho nitro benzene ring substituents is 1. The molecule has 2 aromatic carbocycles. The van der Waals surface area contributed by atoms with E-state index in [1.54, 1.807) is 12.1 Å². The summed E-state index contributed by atoms with van der Waals surface area (Å²) < 4.78 is 0. The van der Waals surface area contributed by atoms with Crippen LogP contribution in [0.25, 0.3) is 5.70 Å². The van der Waals surface area contributed by atoms with Crippen LogP contribution in [0, 0.1) is 10.1 Å². The van der Waals surface area contributed by atoms with Crippen molar-refractivity contribution in [1.82, 2.24) is 5.48 Å². The highest BCUT2D eigenvalue weighted by molar-refractivity contribution is 6.38. The van der Waals surface area contributed by atoms with Crippen molar-refractivity contribution in [2.24, 2.45) is 10.7 Å². The van der Waals surface area contributed by atoms with E-state index in [1.165, 1.54) is 31.4 Å². The molecule has 2 aromatic rings. The van der Waals surface area contributed by atoms with Gasteiger partial charge in [0.1, 0.15) is 5.84 Å². The van der Waals surface area contributed by atoms with Gasteiger partial charge in [-0.2, -0.15) is 4.99 Å². The first kappa shape index (κ1) is 22.2. The number of nitrogens with zero attached hydrogens (tertiary/aromatic N) is 2. The Morgan fingerprint density at radius 1 is 1.28 bits per heavy atom. The van der Waals surface area contributed by atoms with Crippen LogP contribution in [0.5, 0.6) is 0 Å². The maximum Gasteiger partial charge on any atom is 0.273 e. The molecule has 0 spiro atoms. The fraction of sp³-hybridized carbons (Fsp3) is 0.111. The molecule has 29 heavy (non-hydrogen) atoms. The van der Waals surface area contributed by atoms with Gasteiger partial charge in [-0.3, -0.25) is 25.2 Å². The summed E-state index contributed by atoms with van der Waals surface area (Å²) in [7, 11) is 1.36. The molecule has 0 unspecified atom stereocenters. The van der Waals surface area contributed by atoms with Gasteiger partial charge in [0.25, 0.3) is 11.6 Å². The number of benzene rings is 2. The van der Waals surface area contributed by atoms with Crippen molar-refractivity contribution >= 4 is 52.0 Å². The van der Waals surface area contributed by atoms with Crippen molar-refractivity contribution in [1.29, 1.82) is 0 Å². The Kier molecular flexibility index (Phi) is 7.54. The van der Waals surface area contributed by atoms with E-state index in [9.17, 15) is 14.9 Å². The maximum atomic E-state index is 12.2. The number of nitrogens with one attached hydrogen (secondary N) is 1. The number of anilines is 1. The summed E-state index contributed by atoms with van der Waals surface area (Å²) in [5.41, 5.74) is 15.6. The van der Waals surface area contributed by atoms with E-state index in [4.69, 9.17) is 39.5 Å². The number of nitro groups is 1. The first-order chi connectivity index (χ1) is 13.7. The van der Waals surface area contributed by atoms with Gasteiger partial charge in [-0.1, -0.05) is 23.2 Å². The lowest BCUT2D eigenvalue weighted by atomic mass is 10.1. The van der Waals surface area contributed by atoms with E-state index >= 15 is 0 Å². The number of hydrogen-bond donors (Lipinski definition) is 3. The molecule has 2 rings (SSSR count). The third kappa shape index (κ3) is 6.18. The number of aliphatic imine (C=N–C) groups is 1. The van der Waals surface area contributed by atoms with Crippen LogP contribution >= 0.6 is 23.2 Å². The molecule has 0 heterocycles. The summed E-state index contributed by atoms with van der Waals surface area (Å²) in [6.07, 6.45) is 1.28. The molecule has 0 aliphatic carbocycles. The number of amidine groups is 1. The highest BCUT2D eigenvalue weighted by Gasteiger charge is 2.10. The minimum Gasteiger partial charge on any atom is -0.396 e. The summed E-state index contributed by atoms with van der Waals surface area (Å²) in [4.78, 5) is 31.1. The molecule has 0 bridgehead atoms. The monoisotopic (exact) mass is 437 g/mol. The largest absolute Gasteiger partial charge is 0.396 e. The lowest BCUT2D eigenvalue weighted by molar-refractivity contribution is -0.384. The van der Waals surface area contributed by atoms with Gasteiger partial charge in [0.15, 0.2) is 0 Å². The van der Waals surface area contributed by atoms with Gasteiger partial charge in [-0.05, 0) is 29.8 Å².